The number of aliphatic carboxylic acids is 1. The molecule has 0 radical (unpaired) electrons. The van der Waals surface area contributed by atoms with Gasteiger partial charge in [0.15, 0.2) is 0 Å². The van der Waals surface area contributed by atoms with Crippen molar-refractivity contribution in [2.75, 3.05) is 32.5 Å². The van der Waals surface area contributed by atoms with E-state index in [1.54, 1.807) is 43.6 Å². The Morgan fingerprint density at radius 1 is 1.31 bits per heavy atom. The SMILES string of the molecule is COc1ccc2nccc([C@@H](F)CC[C@@H]3CCN(CCCSc4ncco4)C[C@@H]3CC(=O)O)c2c1. The molecule has 1 N–H and O–H groups in total. The number of likely N-dealkylation sites (tertiary alicyclic amines) is 1. The van der Waals surface area contributed by atoms with Crippen LogP contribution in [0.1, 0.15) is 43.8 Å². The predicted molar refractivity (Wildman–Crippen MR) is 134 cm³/mol. The molecule has 188 valence electrons. The highest BCUT2D eigenvalue weighted by Gasteiger charge is 2.31. The Hall–Kier alpha value is -2.65. The molecule has 0 spiro atoms. The van der Waals surface area contributed by atoms with E-state index in [0.29, 0.717) is 29.4 Å². The summed E-state index contributed by atoms with van der Waals surface area (Å²) in [6.45, 7) is 2.57. The molecule has 35 heavy (non-hydrogen) atoms. The largest absolute Gasteiger partial charge is 0.497 e. The van der Waals surface area contributed by atoms with Crippen molar-refractivity contribution in [1.29, 1.82) is 0 Å². The smallest absolute Gasteiger partial charge is 0.303 e. The van der Waals surface area contributed by atoms with Gasteiger partial charge in [-0.3, -0.25) is 9.78 Å². The fraction of sp³-hybridized carbons (Fsp3) is 0.500. The first-order valence-electron chi connectivity index (χ1n) is 12.1. The van der Waals surface area contributed by atoms with Gasteiger partial charge in [0, 0.05) is 30.3 Å². The summed E-state index contributed by atoms with van der Waals surface area (Å²) in [4.78, 5) is 22.3. The van der Waals surface area contributed by atoms with Crippen LogP contribution in [0, 0.1) is 11.8 Å². The lowest BCUT2D eigenvalue weighted by atomic mass is 9.79. The summed E-state index contributed by atoms with van der Waals surface area (Å²) in [6, 6.07) is 7.23. The molecular formula is C26H32FN3O4S. The van der Waals surface area contributed by atoms with Crippen LogP contribution in [-0.2, 0) is 4.79 Å². The average Bonchev–Trinajstić information content (AvgIpc) is 3.38. The quantitative estimate of drug-likeness (QED) is 0.253. The van der Waals surface area contributed by atoms with E-state index >= 15 is 4.39 Å². The monoisotopic (exact) mass is 501 g/mol. The Morgan fingerprint density at radius 2 is 2.20 bits per heavy atom. The van der Waals surface area contributed by atoms with Gasteiger partial charge < -0.3 is 19.2 Å². The molecule has 0 unspecified atom stereocenters. The number of oxazole rings is 1. The number of rotatable bonds is 12. The van der Waals surface area contributed by atoms with Crippen molar-refractivity contribution in [3.63, 3.8) is 0 Å². The second-order valence-corrected chi connectivity index (χ2v) is 10.1. The highest BCUT2D eigenvalue weighted by molar-refractivity contribution is 7.99. The fourth-order valence-corrected chi connectivity index (χ4v) is 5.69. The summed E-state index contributed by atoms with van der Waals surface area (Å²) in [5.41, 5.74) is 1.36. The number of pyridine rings is 1. The lowest BCUT2D eigenvalue weighted by Gasteiger charge is -2.38. The van der Waals surface area contributed by atoms with E-state index in [1.807, 2.05) is 18.2 Å². The molecule has 1 saturated heterocycles. The second-order valence-electron chi connectivity index (χ2n) is 9.04. The Labute approximate surface area is 209 Å². The summed E-state index contributed by atoms with van der Waals surface area (Å²) in [5.74, 6) is 1.02. The summed E-state index contributed by atoms with van der Waals surface area (Å²) in [5, 5.41) is 10.9. The van der Waals surface area contributed by atoms with Gasteiger partial charge in [-0.15, -0.1) is 0 Å². The summed E-state index contributed by atoms with van der Waals surface area (Å²) in [7, 11) is 1.59. The maximum Gasteiger partial charge on any atom is 0.303 e. The number of ether oxygens (including phenoxy) is 1. The fourth-order valence-electron chi connectivity index (χ4n) is 4.99. The molecule has 0 saturated carbocycles. The van der Waals surface area contributed by atoms with E-state index in [1.165, 1.54) is 0 Å². The van der Waals surface area contributed by atoms with Gasteiger partial charge in [0.2, 0.25) is 0 Å². The molecule has 2 aromatic heterocycles. The standard InChI is InChI=1S/C26H32FN3O4S/c1-33-20-4-6-24-22(16-20)21(7-9-28-24)23(27)5-3-18-8-12-30(17-19(18)15-25(31)32)11-2-14-35-26-29-10-13-34-26/h4,6-7,9-10,13,16,18-19,23H,2-3,5,8,11-12,14-15,17H2,1H3,(H,31,32)/t18-,19+,23+/m1/s1. The molecule has 0 aliphatic carbocycles. The number of piperidine rings is 1. The minimum atomic E-state index is -1.14. The van der Waals surface area contributed by atoms with Gasteiger partial charge in [-0.25, -0.2) is 9.37 Å². The van der Waals surface area contributed by atoms with Crippen LogP contribution in [0.3, 0.4) is 0 Å². The number of aromatic nitrogens is 2. The minimum Gasteiger partial charge on any atom is -0.497 e. The van der Waals surface area contributed by atoms with E-state index in [4.69, 9.17) is 9.15 Å². The van der Waals surface area contributed by atoms with E-state index in [2.05, 4.69) is 14.9 Å². The van der Waals surface area contributed by atoms with Gasteiger partial charge in [-0.05, 0) is 80.4 Å². The van der Waals surface area contributed by atoms with E-state index < -0.39 is 12.1 Å². The molecule has 3 aromatic rings. The van der Waals surface area contributed by atoms with Crippen LogP contribution in [0.5, 0.6) is 5.75 Å². The number of hydrogen-bond acceptors (Lipinski definition) is 7. The van der Waals surface area contributed by atoms with Gasteiger partial charge in [0.25, 0.3) is 5.22 Å². The van der Waals surface area contributed by atoms with Crippen molar-refractivity contribution < 1.29 is 23.4 Å². The molecular weight excluding hydrogens is 469 g/mol. The first-order valence-corrected chi connectivity index (χ1v) is 13.0. The Balaban J connectivity index is 1.32. The molecule has 3 atom stereocenters. The van der Waals surface area contributed by atoms with E-state index in [0.717, 1.165) is 49.1 Å². The van der Waals surface area contributed by atoms with Crippen LogP contribution in [0.2, 0.25) is 0 Å². The van der Waals surface area contributed by atoms with Gasteiger partial charge >= 0.3 is 5.97 Å². The molecule has 4 rings (SSSR count). The average molecular weight is 502 g/mol. The molecule has 0 bridgehead atoms. The normalized spacial score (nSPS) is 19.6. The molecule has 9 heteroatoms. The van der Waals surface area contributed by atoms with Crippen molar-refractivity contribution in [2.45, 2.75) is 43.5 Å². The maximum absolute atomic E-state index is 15.4. The topological polar surface area (TPSA) is 88.7 Å². The zero-order valence-electron chi connectivity index (χ0n) is 19.9. The zero-order valence-corrected chi connectivity index (χ0v) is 20.8. The number of fused-ring (bicyclic) bond motifs is 1. The minimum absolute atomic E-state index is 0.0297. The number of carboxylic acid groups (broad SMARTS) is 1. The number of alkyl halides is 1. The molecule has 1 aromatic carbocycles. The molecule has 1 fully saturated rings. The lowest BCUT2D eigenvalue weighted by Crippen LogP contribution is -2.42. The maximum atomic E-state index is 15.4. The van der Waals surface area contributed by atoms with Gasteiger partial charge in [0.1, 0.15) is 18.2 Å². The summed E-state index contributed by atoms with van der Waals surface area (Å²) < 4.78 is 26.0. The van der Waals surface area contributed by atoms with Gasteiger partial charge in [0.05, 0.1) is 18.8 Å². The lowest BCUT2D eigenvalue weighted by molar-refractivity contribution is -0.139. The predicted octanol–water partition coefficient (Wildman–Crippen LogP) is 5.62. The van der Waals surface area contributed by atoms with Crippen LogP contribution >= 0.6 is 11.8 Å². The van der Waals surface area contributed by atoms with Crippen molar-refractivity contribution in [1.82, 2.24) is 14.9 Å². The van der Waals surface area contributed by atoms with E-state index in [-0.39, 0.29) is 18.3 Å². The summed E-state index contributed by atoms with van der Waals surface area (Å²) >= 11 is 1.59. The third-order valence-corrected chi connectivity index (χ3v) is 7.72. The van der Waals surface area contributed by atoms with Crippen molar-refractivity contribution in [2.24, 2.45) is 11.8 Å². The number of benzene rings is 1. The zero-order chi connectivity index (χ0) is 24.6. The third-order valence-electron chi connectivity index (χ3n) is 6.78. The first-order chi connectivity index (χ1) is 17.0. The van der Waals surface area contributed by atoms with Gasteiger partial charge in [-0.2, -0.15) is 0 Å². The Morgan fingerprint density at radius 3 is 2.97 bits per heavy atom. The van der Waals surface area contributed by atoms with Crippen molar-refractivity contribution in [3.8, 4) is 5.75 Å². The highest BCUT2D eigenvalue weighted by atomic mass is 32.2. The van der Waals surface area contributed by atoms with Crippen molar-refractivity contribution in [3.05, 3.63) is 48.5 Å². The highest BCUT2D eigenvalue weighted by Crippen LogP contribution is 2.36. The number of methoxy groups -OCH3 is 1. The number of carbonyl (C=O) groups is 1. The van der Waals surface area contributed by atoms with Crippen LogP contribution in [0.4, 0.5) is 4.39 Å². The number of hydrogen-bond donors (Lipinski definition) is 1. The second kappa shape index (κ2) is 12.4. The number of nitrogens with zero attached hydrogens (tertiary/aromatic N) is 3. The molecule has 1 aliphatic heterocycles. The molecule has 1 aliphatic rings. The third kappa shape index (κ3) is 6.95. The Kier molecular flexibility index (Phi) is 8.98. The van der Waals surface area contributed by atoms with Crippen LogP contribution in [0.15, 0.2) is 52.6 Å². The molecule has 7 nitrogen and oxygen atoms in total. The van der Waals surface area contributed by atoms with E-state index in [9.17, 15) is 9.90 Å². The summed E-state index contributed by atoms with van der Waals surface area (Å²) in [6.07, 6.45) is 6.74. The number of carboxylic acids is 1. The number of thioether (sulfide) groups is 1. The van der Waals surface area contributed by atoms with Crippen LogP contribution in [0.25, 0.3) is 10.9 Å². The molecule has 3 heterocycles. The molecule has 0 amide bonds. The van der Waals surface area contributed by atoms with Crippen molar-refractivity contribution >= 4 is 28.6 Å². The number of halogens is 1. The van der Waals surface area contributed by atoms with Crippen LogP contribution in [-0.4, -0.2) is 58.4 Å². The van der Waals surface area contributed by atoms with Crippen LogP contribution < -0.4 is 4.74 Å². The first kappa shape index (κ1) is 25.4. The Bertz CT molecular complexity index is 1100. The van der Waals surface area contributed by atoms with Gasteiger partial charge in [-0.1, -0.05) is 11.8 Å².